The molecule has 0 aromatic carbocycles. The number of hydrogen-bond donors (Lipinski definition) is 1. The summed E-state index contributed by atoms with van der Waals surface area (Å²) in [7, 11) is 0. The van der Waals surface area contributed by atoms with Crippen molar-refractivity contribution in [3.05, 3.63) is 0 Å². The molecule has 1 heterocycles. The van der Waals surface area contributed by atoms with E-state index in [1.54, 1.807) is 4.90 Å². The lowest BCUT2D eigenvalue weighted by Crippen LogP contribution is -2.44. The molecular weight excluding hydrogens is 285 g/mol. The summed E-state index contributed by atoms with van der Waals surface area (Å²) in [4.78, 5) is 13.7. The van der Waals surface area contributed by atoms with E-state index in [0.717, 1.165) is 19.4 Å². The van der Waals surface area contributed by atoms with E-state index in [9.17, 15) is 18.0 Å². The second kappa shape index (κ2) is 8.58. The van der Waals surface area contributed by atoms with Crippen LogP contribution in [0.25, 0.3) is 0 Å². The van der Waals surface area contributed by atoms with Gasteiger partial charge >= 0.3 is 6.18 Å². The molecule has 0 radical (unpaired) electrons. The Morgan fingerprint density at radius 3 is 2.76 bits per heavy atom. The minimum Gasteiger partial charge on any atom is -0.372 e. The topological polar surface area (TPSA) is 41.6 Å². The molecule has 0 spiro atoms. The lowest BCUT2D eigenvalue weighted by atomic mass is 9.97. The minimum atomic E-state index is -4.33. The van der Waals surface area contributed by atoms with Gasteiger partial charge in [-0.15, -0.1) is 0 Å². The molecule has 0 aliphatic carbocycles. The fourth-order valence-corrected chi connectivity index (χ4v) is 2.37. The number of likely N-dealkylation sites (tertiary alicyclic amines) is 1. The van der Waals surface area contributed by atoms with E-state index in [2.05, 4.69) is 23.9 Å². The van der Waals surface area contributed by atoms with E-state index in [-0.39, 0.29) is 18.9 Å². The number of hydrogen-bond acceptors (Lipinski definition) is 3. The highest BCUT2D eigenvalue weighted by molar-refractivity contribution is 5.76. The van der Waals surface area contributed by atoms with Gasteiger partial charge in [0.15, 0.2) is 0 Å². The fraction of sp³-hybridized carbons (Fsp3) is 0.929. The number of carbonyl (C=O) groups excluding carboxylic acids is 1. The summed E-state index contributed by atoms with van der Waals surface area (Å²) < 4.78 is 40.2. The van der Waals surface area contributed by atoms with Crippen LogP contribution in [-0.4, -0.2) is 55.9 Å². The van der Waals surface area contributed by atoms with Crippen LogP contribution in [0.3, 0.4) is 0 Å². The van der Waals surface area contributed by atoms with Gasteiger partial charge < -0.3 is 15.0 Å². The highest BCUT2D eigenvalue weighted by atomic mass is 19.4. The average Bonchev–Trinajstić information content (AvgIpc) is 2.40. The SMILES string of the molecule is CC(C)NCC1CCCN(C(=O)CCOCC(F)(F)F)C1. The summed E-state index contributed by atoms with van der Waals surface area (Å²) in [6, 6.07) is 0.409. The molecule has 1 rings (SSSR count). The molecule has 4 nitrogen and oxygen atoms in total. The molecule has 21 heavy (non-hydrogen) atoms. The molecule has 1 N–H and O–H groups in total. The third-order valence-corrected chi connectivity index (χ3v) is 3.41. The van der Waals surface area contributed by atoms with Crippen molar-refractivity contribution >= 4 is 5.91 Å². The maximum absolute atomic E-state index is 12.0. The Kier molecular flexibility index (Phi) is 7.45. The van der Waals surface area contributed by atoms with Crippen LogP contribution in [0.4, 0.5) is 13.2 Å². The van der Waals surface area contributed by atoms with Crippen molar-refractivity contribution in [1.29, 1.82) is 0 Å². The lowest BCUT2D eigenvalue weighted by Gasteiger charge is -2.33. The van der Waals surface area contributed by atoms with Crippen molar-refractivity contribution in [3.8, 4) is 0 Å². The van der Waals surface area contributed by atoms with Crippen LogP contribution in [0.15, 0.2) is 0 Å². The number of nitrogens with one attached hydrogen (secondary N) is 1. The number of rotatable bonds is 7. The van der Waals surface area contributed by atoms with Crippen LogP contribution in [0.5, 0.6) is 0 Å². The third kappa shape index (κ3) is 8.26. The molecule has 0 aromatic heterocycles. The van der Waals surface area contributed by atoms with Crippen molar-refractivity contribution in [2.45, 2.75) is 45.3 Å². The zero-order valence-corrected chi connectivity index (χ0v) is 12.7. The predicted molar refractivity (Wildman–Crippen MR) is 73.9 cm³/mol. The molecule has 0 saturated carbocycles. The van der Waals surface area contributed by atoms with Crippen LogP contribution < -0.4 is 5.32 Å². The van der Waals surface area contributed by atoms with Gasteiger partial charge in [-0.1, -0.05) is 13.8 Å². The largest absolute Gasteiger partial charge is 0.411 e. The first-order valence-electron chi connectivity index (χ1n) is 7.43. The highest BCUT2D eigenvalue weighted by Gasteiger charge is 2.28. The Morgan fingerprint density at radius 1 is 1.43 bits per heavy atom. The number of carbonyl (C=O) groups is 1. The van der Waals surface area contributed by atoms with Gasteiger partial charge in [0.1, 0.15) is 6.61 Å². The highest BCUT2D eigenvalue weighted by Crippen LogP contribution is 2.17. The molecule has 1 atom stereocenters. The zero-order chi connectivity index (χ0) is 15.9. The van der Waals surface area contributed by atoms with Gasteiger partial charge in [0, 0.05) is 19.1 Å². The van der Waals surface area contributed by atoms with Gasteiger partial charge in [-0.2, -0.15) is 13.2 Å². The van der Waals surface area contributed by atoms with Crippen molar-refractivity contribution in [3.63, 3.8) is 0 Å². The second-order valence-corrected chi connectivity index (χ2v) is 5.83. The second-order valence-electron chi connectivity index (χ2n) is 5.83. The van der Waals surface area contributed by atoms with E-state index in [1.807, 2.05) is 0 Å². The summed E-state index contributed by atoms with van der Waals surface area (Å²) in [6.07, 6.45) is -2.30. The first kappa shape index (κ1) is 18.2. The molecule has 0 aromatic rings. The number of alkyl halides is 3. The van der Waals surface area contributed by atoms with Gasteiger partial charge in [-0.3, -0.25) is 4.79 Å². The molecule has 1 aliphatic rings. The predicted octanol–water partition coefficient (Wildman–Crippen LogP) is 2.19. The van der Waals surface area contributed by atoms with Gasteiger partial charge in [0.2, 0.25) is 5.91 Å². The smallest absolute Gasteiger partial charge is 0.372 e. The normalized spacial score (nSPS) is 20.1. The summed E-state index contributed by atoms with van der Waals surface area (Å²) in [5.74, 6) is 0.299. The Labute approximate surface area is 124 Å². The van der Waals surface area contributed by atoms with E-state index in [4.69, 9.17) is 0 Å². The standard InChI is InChI=1S/C14H25F3N2O2/c1-11(2)18-8-12-4-3-6-19(9-12)13(20)5-7-21-10-14(15,16)17/h11-12,18H,3-10H2,1-2H3. The quantitative estimate of drug-likeness (QED) is 0.733. The van der Waals surface area contributed by atoms with Gasteiger partial charge in [0.05, 0.1) is 13.0 Å². The van der Waals surface area contributed by atoms with Crippen LogP contribution in [0.2, 0.25) is 0 Å². The van der Waals surface area contributed by atoms with Crippen molar-refractivity contribution in [2.75, 3.05) is 32.8 Å². The third-order valence-electron chi connectivity index (χ3n) is 3.41. The molecule has 1 fully saturated rings. The van der Waals surface area contributed by atoms with Crippen LogP contribution >= 0.6 is 0 Å². The van der Waals surface area contributed by atoms with Crippen molar-refractivity contribution in [1.82, 2.24) is 10.2 Å². The van der Waals surface area contributed by atoms with E-state index >= 15 is 0 Å². The maximum Gasteiger partial charge on any atom is 0.411 e. The average molecular weight is 310 g/mol. The minimum absolute atomic E-state index is 0.0143. The summed E-state index contributed by atoms with van der Waals surface area (Å²) >= 11 is 0. The maximum atomic E-state index is 12.0. The van der Waals surface area contributed by atoms with E-state index in [0.29, 0.717) is 25.0 Å². The number of piperidine rings is 1. The number of halogens is 3. The van der Waals surface area contributed by atoms with Gasteiger partial charge in [0.25, 0.3) is 0 Å². The summed E-state index contributed by atoms with van der Waals surface area (Å²) in [6.45, 7) is 4.92. The Balaban J connectivity index is 2.23. The first-order chi connectivity index (χ1) is 9.78. The Bertz CT molecular complexity index is 322. The van der Waals surface area contributed by atoms with Gasteiger partial charge in [-0.25, -0.2) is 0 Å². The molecule has 1 amide bonds. The number of nitrogens with zero attached hydrogens (tertiary/aromatic N) is 1. The lowest BCUT2D eigenvalue weighted by molar-refractivity contribution is -0.175. The number of ether oxygens (including phenoxy) is 1. The summed E-state index contributed by atoms with van der Waals surface area (Å²) in [5, 5.41) is 3.36. The van der Waals surface area contributed by atoms with Crippen LogP contribution in [-0.2, 0) is 9.53 Å². The van der Waals surface area contributed by atoms with Crippen LogP contribution in [0.1, 0.15) is 33.1 Å². The first-order valence-corrected chi connectivity index (χ1v) is 7.43. The molecule has 1 unspecified atom stereocenters. The van der Waals surface area contributed by atoms with Crippen molar-refractivity contribution < 1.29 is 22.7 Å². The van der Waals surface area contributed by atoms with E-state index in [1.165, 1.54) is 0 Å². The number of amides is 1. The molecule has 7 heteroatoms. The molecule has 1 aliphatic heterocycles. The molecule has 0 bridgehead atoms. The Hall–Kier alpha value is -0.820. The zero-order valence-electron chi connectivity index (χ0n) is 12.7. The van der Waals surface area contributed by atoms with E-state index < -0.39 is 12.8 Å². The van der Waals surface area contributed by atoms with Gasteiger partial charge in [-0.05, 0) is 25.3 Å². The fourth-order valence-electron chi connectivity index (χ4n) is 2.37. The molecule has 1 saturated heterocycles. The molecule has 124 valence electrons. The summed E-state index contributed by atoms with van der Waals surface area (Å²) in [5.41, 5.74) is 0. The Morgan fingerprint density at radius 2 is 2.14 bits per heavy atom. The van der Waals surface area contributed by atoms with Crippen molar-refractivity contribution in [2.24, 2.45) is 5.92 Å². The van der Waals surface area contributed by atoms with Crippen LogP contribution in [0, 0.1) is 5.92 Å². The molecular formula is C14H25F3N2O2. The monoisotopic (exact) mass is 310 g/mol.